The molecule has 0 radical (unpaired) electrons. The summed E-state index contributed by atoms with van der Waals surface area (Å²) in [6, 6.07) is 8.52. The number of rotatable bonds is 7. The first-order chi connectivity index (χ1) is 8.11. The molecule has 17 heavy (non-hydrogen) atoms. The average molecular weight is 237 g/mol. The highest BCUT2D eigenvalue weighted by molar-refractivity contribution is 5.22. The second-order valence-corrected chi connectivity index (χ2v) is 4.88. The van der Waals surface area contributed by atoms with Crippen LogP contribution in [0.25, 0.3) is 0 Å². The number of aliphatic hydroxyl groups excluding tert-OH is 2. The summed E-state index contributed by atoms with van der Waals surface area (Å²) in [4.78, 5) is 0. The Morgan fingerprint density at radius 1 is 1.12 bits per heavy atom. The van der Waals surface area contributed by atoms with Crippen molar-refractivity contribution in [2.75, 3.05) is 13.2 Å². The lowest BCUT2D eigenvalue weighted by Gasteiger charge is -2.10. The van der Waals surface area contributed by atoms with Crippen molar-refractivity contribution in [1.82, 2.24) is 5.32 Å². The van der Waals surface area contributed by atoms with Crippen LogP contribution < -0.4 is 5.32 Å². The van der Waals surface area contributed by atoms with Crippen LogP contribution in [-0.4, -0.2) is 29.5 Å². The van der Waals surface area contributed by atoms with E-state index in [9.17, 15) is 0 Å². The third-order valence-corrected chi connectivity index (χ3v) is 2.59. The van der Waals surface area contributed by atoms with Crippen molar-refractivity contribution in [3.05, 3.63) is 35.4 Å². The third kappa shape index (κ3) is 5.82. The van der Waals surface area contributed by atoms with E-state index < -0.39 is 6.10 Å². The van der Waals surface area contributed by atoms with E-state index in [1.54, 1.807) is 0 Å². The maximum absolute atomic E-state index is 9.17. The Labute approximate surface area is 103 Å². The monoisotopic (exact) mass is 237 g/mol. The van der Waals surface area contributed by atoms with Gasteiger partial charge >= 0.3 is 0 Å². The largest absolute Gasteiger partial charge is 0.394 e. The van der Waals surface area contributed by atoms with Crippen molar-refractivity contribution < 1.29 is 10.2 Å². The number of aliphatic hydroxyl groups is 2. The minimum Gasteiger partial charge on any atom is -0.394 e. The first-order valence-corrected chi connectivity index (χ1v) is 6.19. The number of nitrogens with one attached hydrogen (secondary N) is 1. The highest BCUT2D eigenvalue weighted by Gasteiger charge is 2.01. The Balaban J connectivity index is 2.35. The summed E-state index contributed by atoms with van der Waals surface area (Å²) in [5, 5.41) is 20.9. The lowest BCUT2D eigenvalue weighted by molar-refractivity contribution is 0.0942. The molecule has 0 aromatic heterocycles. The molecular weight excluding hydrogens is 214 g/mol. The summed E-state index contributed by atoms with van der Waals surface area (Å²) in [6.07, 6.45) is 0.437. The molecule has 0 aliphatic heterocycles. The molecule has 3 nitrogen and oxygen atoms in total. The molecule has 3 heteroatoms. The summed E-state index contributed by atoms with van der Waals surface area (Å²) in [5.41, 5.74) is 2.56. The first-order valence-electron chi connectivity index (χ1n) is 6.19. The van der Waals surface area contributed by atoms with Crippen LogP contribution in [0.1, 0.15) is 25.0 Å². The maximum atomic E-state index is 9.17. The average Bonchev–Trinajstić information content (AvgIpc) is 2.30. The van der Waals surface area contributed by atoms with Crippen molar-refractivity contribution in [3.63, 3.8) is 0 Å². The normalized spacial score (nSPS) is 13.0. The fourth-order valence-electron chi connectivity index (χ4n) is 1.71. The summed E-state index contributed by atoms with van der Waals surface area (Å²) in [5.74, 6) is 0.679. The third-order valence-electron chi connectivity index (χ3n) is 2.59. The minimum absolute atomic E-state index is 0.194. The molecule has 0 bridgehead atoms. The molecule has 0 aliphatic carbocycles. The standard InChI is InChI=1S/C14H23NO2/c1-11(2)7-12-3-5-13(6-4-12)8-15-9-14(17)10-16/h3-6,11,14-17H,7-10H2,1-2H3. The number of benzene rings is 1. The molecule has 0 fully saturated rings. The van der Waals surface area contributed by atoms with E-state index in [0.29, 0.717) is 12.5 Å². The van der Waals surface area contributed by atoms with Crippen molar-refractivity contribution in [2.24, 2.45) is 5.92 Å². The second kappa shape index (κ2) is 7.43. The molecule has 0 aliphatic rings. The van der Waals surface area contributed by atoms with Gasteiger partial charge in [-0.1, -0.05) is 38.1 Å². The first kappa shape index (κ1) is 14.2. The topological polar surface area (TPSA) is 52.5 Å². The van der Waals surface area contributed by atoms with Crippen LogP contribution in [0.5, 0.6) is 0 Å². The quantitative estimate of drug-likeness (QED) is 0.670. The molecule has 1 aromatic rings. The van der Waals surface area contributed by atoms with E-state index in [4.69, 9.17) is 10.2 Å². The van der Waals surface area contributed by atoms with E-state index in [1.165, 1.54) is 11.1 Å². The molecule has 0 saturated carbocycles. The van der Waals surface area contributed by atoms with E-state index >= 15 is 0 Å². The molecule has 0 heterocycles. The Hall–Kier alpha value is -0.900. The van der Waals surface area contributed by atoms with Gasteiger partial charge in [0.1, 0.15) is 0 Å². The summed E-state index contributed by atoms with van der Waals surface area (Å²) < 4.78 is 0. The van der Waals surface area contributed by atoms with E-state index in [0.717, 1.165) is 13.0 Å². The van der Waals surface area contributed by atoms with E-state index in [-0.39, 0.29) is 6.61 Å². The van der Waals surface area contributed by atoms with Crippen molar-refractivity contribution >= 4 is 0 Å². The van der Waals surface area contributed by atoms with Gasteiger partial charge in [-0.25, -0.2) is 0 Å². The van der Waals surface area contributed by atoms with Crippen LogP contribution in [0.3, 0.4) is 0 Å². The van der Waals surface area contributed by atoms with E-state index in [1.807, 2.05) is 0 Å². The maximum Gasteiger partial charge on any atom is 0.0895 e. The van der Waals surface area contributed by atoms with E-state index in [2.05, 4.69) is 43.4 Å². The Morgan fingerprint density at radius 2 is 1.71 bits per heavy atom. The molecule has 3 N–H and O–H groups in total. The lowest BCUT2D eigenvalue weighted by atomic mass is 10.0. The molecule has 0 amide bonds. The predicted octanol–water partition coefficient (Wildman–Crippen LogP) is 1.33. The lowest BCUT2D eigenvalue weighted by Crippen LogP contribution is -2.28. The Kier molecular flexibility index (Phi) is 6.19. The molecule has 0 spiro atoms. The molecule has 0 saturated heterocycles. The zero-order valence-electron chi connectivity index (χ0n) is 10.7. The summed E-state index contributed by atoms with van der Waals surface area (Å²) in [6.45, 7) is 5.38. The molecule has 96 valence electrons. The van der Waals surface area contributed by atoms with Gasteiger partial charge in [0.15, 0.2) is 0 Å². The van der Waals surface area contributed by atoms with Crippen LogP contribution in [-0.2, 0) is 13.0 Å². The van der Waals surface area contributed by atoms with Crippen molar-refractivity contribution in [3.8, 4) is 0 Å². The number of hydrogen-bond donors (Lipinski definition) is 3. The SMILES string of the molecule is CC(C)Cc1ccc(CNCC(O)CO)cc1. The fraction of sp³-hybridized carbons (Fsp3) is 0.571. The van der Waals surface area contributed by atoms with Gasteiger partial charge in [0.2, 0.25) is 0 Å². The molecule has 1 aromatic carbocycles. The highest BCUT2D eigenvalue weighted by atomic mass is 16.3. The molecular formula is C14H23NO2. The Morgan fingerprint density at radius 3 is 2.24 bits per heavy atom. The zero-order chi connectivity index (χ0) is 12.7. The van der Waals surface area contributed by atoms with Crippen molar-refractivity contribution in [1.29, 1.82) is 0 Å². The van der Waals surface area contributed by atoms with Gasteiger partial charge in [-0.2, -0.15) is 0 Å². The van der Waals surface area contributed by atoms with Gasteiger partial charge in [0.25, 0.3) is 0 Å². The minimum atomic E-state index is -0.671. The molecule has 1 unspecified atom stereocenters. The summed E-state index contributed by atoms with van der Waals surface area (Å²) >= 11 is 0. The van der Waals surface area contributed by atoms with Gasteiger partial charge < -0.3 is 15.5 Å². The Bertz CT molecular complexity index is 309. The second-order valence-electron chi connectivity index (χ2n) is 4.88. The van der Waals surface area contributed by atoms with Crippen LogP contribution in [0, 0.1) is 5.92 Å². The van der Waals surface area contributed by atoms with Crippen LogP contribution >= 0.6 is 0 Å². The van der Waals surface area contributed by atoms with Gasteiger partial charge in [0.05, 0.1) is 12.7 Å². The van der Waals surface area contributed by atoms with Crippen LogP contribution in [0.2, 0.25) is 0 Å². The van der Waals surface area contributed by atoms with Gasteiger partial charge in [-0.3, -0.25) is 0 Å². The molecule has 1 atom stereocenters. The highest BCUT2D eigenvalue weighted by Crippen LogP contribution is 2.09. The van der Waals surface area contributed by atoms with Crippen LogP contribution in [0.15, 0.2) is 24.3 Å². The van der Waals surface area contributed by atoms with Gasteiger partial charge in [0, 0.05) is 13.1 Å². The summed E-state index contributed by atoms with van der Waals surface area (Å²) in [7, 11) is 0. The fourth-order valence-corrected chi connectivity index (χ4v) is 1.71. The van der Waals surface area contributed by atoms with Crippen molar-refractivity contribution in [2.45, 2.75) is 32.9 Å². The molecule has 1 rings (SSSR count). The zero-order valence-corrected chi connectivity index (χ0v) is 10.7. The van der Waals surface area contributed by atoms with Gasteiger partial charge in [-0.05, 0) is 23.5 Å². The predicted molar refractivity (Wildman–Crippen MR) is 69.8 cm³/mol. The smallest absolute Gasteiger partial charge is 0.0895 e. The number of hydrogen-bond acceptors (Lipinski definition) is 3. The van der Waals surface area contributed by atoms with Crippen LogP contribution in [0.4, 0.5) is 0 Å². The van der Waals surface area contributed by atoms with Gasteiger partial charge in [-0.15, -0.1) is 0 Å².